The second-order valence-electron chi connectivity index (χ2n) is 5.05. The quantitative estimate of drug-likeness (QED) is 0.769. The number of benzene rings is 1. The van der Waals surface area contributed by atoms with E-state index >= 15 is 0 Å². The highest BCUT2D eigenvalue weighted by Gasteiger charge is 2.24. The zero-order chi connectivity index (χ0) is 17.2. The van der Waals surface area contributed by atoms with E-state index in [1.54, 1.807) is 0 Å². The molecule has 8 heteroatoms. The summed E-state index contributed by atoms with van der Waals surface area (Å²) >= 11 is 6.08. The van der Waals surface area contributed by atoms with Gasteiger partial charge in [0.15, 0.2) is 21.4 Å². The van der Waals surface area contributed by atoms with Crippen molar-refractivity contribution in [1.29, 1.82) is 0 Å². The summed E-state index contributed by atoms with van der Waals surface area (Å²) in [6.45, 7) is 0. The van der Waals surface area contributed by atoms with E-state index in [0.29, 0.717) is 19.3 Å². The maximum Gasteiger partial charge on any atom is 0.344 e. The highest BCUT2D eigenvalue weighted by atomic mass is 35.5. The first-order valence-electron chi connectivity index (χ1n) is 6.76. The average molecular weight is 359 g/mol. The summed E-state index contributed by atoms with van der Waals surface area (Å²) in [6, 6.07) is 2.49. The highest BCUT2D eigenvalue weighted by Crippen LogP contribution is 2.35. The summed E-state index contributed by atoms with van der Waals surface area (Å²) in [5, 5.41) is -0.150. The topological polar surface area (TPSA) is 86.7 Å². The van der Waals surface area contributed by atoms with Gasteiger partial charge < -0.3 is 9.47 Å². The first kappa shape index (κ1) is 17.5. The molecule has 1 aliphatic carbocycles. The van der Waals surface area contributed by atoms with Gasteiger partial charge in [0, 0.05) is 25.2 Å². The van der Waals surface area contributed by atoms with Gasteiger partial charge in [-0.05, 0) is 18.6 Å². The van der Waals surface area contributed by atoms with Crippen molar-refractivity contribution in [2.75, 3.05) is 13.4 Å². The Kier molecular flexibility index (Phi) is 5.11. The Balaban J connectivity index is 2.37. The maximum atomic E-state index is 12.2. The van der Waals surface area contributed by atoms with Crippen LogP contribution in [0.3, 0.4) is 0 Å². The zero-order valence-electron chi connectivity index (χ0n) is 12.6. The molecule has 1 aromatic rings. The van der Waals surface area contributed by atoms with Crippen molar-refractivity contribution in [3.05, 3.63) is 34.6 Å². The maximum absolute atomic E-state index is 12.2. The molecule has 0 amide bonds. The van der Waals surface area contributed by atoms with E-state index in [-0.39, 0.29) is 32.8 Å². The molecule has 1 aliphatic rings. The Hall–Kier alpha value is -1.86. The molecule has 2 rings (SSSR count). The molecule has 124 valence electrons. The van der Waals surface area contributed by atoms with Gasteiger partial charge in [0.25, 0.3) is 0 Å². The molecule has 0 saturated carbocycles. The third-order valence-electron chi connectivity index (χ3n) is 3.28. The minimum absolute atomic E-state index is 0.0326. The second kappa shape index (κ2) is 6.72. The lowest BCUT2D eigenvalue weighted by molar-refractivity contribution is -0.115. The molecular formula is C15H15ClO6S. The van der Waals surface area contributed by atoms with Crippen molar-refractivity contribution >= 4 is 33.2 Å². The summed E-state index contributed by atoms with van der Waals surface area (Å²) in [6.07, 6.45) is 3.82. The van der Waals surface area contributed by atoms with Crippen LogP contribution in [0.4, 0.5) is 0 Å². The van der Waals surface area contributed by atoms with Gasteiger partial charge in [0.1, 0.15) is 10.7 Å². The molecule has 0 bridgehead atoms. The molecule has 0 fully saturated rings. The van der Waals surface area contributed by atoms with Crippen LogP contribution < -0.4 is 4.74 Å². The smallest absolute Gasteiger partial charge is 0.344 e. The lowest BCUT2D eigenvalue weighted by Crippen LogP contribution is -2.12. The molecule has 0 N–H and O–H groups in total. The molecule has 0 radical (unpaired) electrons. The molecule has 23 heavy (non-hydrogen) atoms. The zero-order valence-corrected chi connectivity index (χ0v) is 14.2. The Labute approximate surface area is 138 Å². The third-order valence-corrected chi connectivity index (χ3v) is 4.77. The van der Waals surface area contributed by atoms with E-state index in [1.807, 2.05) is 0 Å². The average Bonchev–Trinajstić information content (AvgIpc) is 2.45. The third kappa shape index (κ3) is 3.92. The number of hydrogen-bond donors (Lipinski definition) is 0. The lowest BCUT2D eigenvalue weighted by atomic mass is 10.1. The van der Waals surface area contributed by atoms with E-state index in [4.69, 9.17) is 21.1 Å². The molecular weight excluding hydrogens is 344 g/mol. The van der Waals surface area contributed by atoms with Gasteiger partial charge in [-0.2, -0.15) is 0 Å². The number of hydrogen-bond acceptors (Lipinski definition) is 6. The summed E-state index contributed by atoms with van der Waals surface area (Å²) in [5.41, 5.74) is -0.0326. The van der Waals surface area contributed by atoms with Crippen molar-refractivity contribution in [3.8, 4) is 5.75 Å². The van der Waals surface area contributed by atoms with Crippen molar-refractivity contribution in [3.63, 3.8) is 0 Å². The number of allylic oxidation sites excluding steroid dienone is 2. The molecule has 0 saturated heterocycles. The van der Waals surface area contributed by atoms with E-state index in [1.165, 1.54) is 25.3 Å². The number of ketones is 1. The number of carbonyl (C=O) groups is 2. The largest absolute Gasteiger partial charge is 0.494 e. The fourth-order valence-electron chi connectivity index (χ4n) is 2.19. The minimum atomic E-state index is -3.56. The van der Waals surface area contributed by atoms with Crippen molar-refractivity contribution in [2.24, 2.45) is 0 Å². The number of halogens is 1. The van der Waals surface area contributed by atoms with Gasteiger partial charge in [-0.15, -0.1) is 0 Å². The van der Waals surface area contributed by atoms with Crippen LogP contribution in [0, 0.1) is 0 Å². The first-order chi connectivity index (χ1) is 10.7. The van der Waals surface area contributed by atoms with E-state index in [2.05, 4.69) is 0 Å². The number of methoxy groups -OCH3 is 1. The number of sulfone groups is 1. The van der Waals surface area contributed by atoms with Crippen LogP contribution >= 0.6 is 11.6 Å². The van der Waals surface area contributed by atoms with Crippen LogP contribution in [0.2, 0.25) is 5.02 Å². The van der Waals surface area contributed by atoms with Crippen molar-refractivity contribution in [2.45, 2.75) is 24.2 Å². The second-order valence-corrected chi connectivity index (χ2v) is 7.41. The van der Waals surface area contributed by atoms with Gasteiger partial charge in [-0.3, -0.25) is 4.79 Å². The predicted octanol–water partition coefficient (Wildman–Crippen LogP) is 2.55. The van der Waals surface area contributed by atoms with Crippen molar-refractivity contribution in [1.82, 2.24) is 0 Å². The Morgan fingerprint density at radius 2 is 1.96 bits per heavy atom. The number of ether oxygens (including phenoxy) is 2. The summed E-state index contributed by atoms with van der Waals surface area (Å²) in [5.74, 6) is -0.713. The van der Waals surface area contributed by atoms with E-state index in [0.717, 1.165) is 6.26 Å². The number of esters is 1. The summed E-state index contributed by atoms with van der Waals surface area (Å²) in [7, 11) is -2.31. The number of carbonyl (C=O) groups excluding carboxylic acids is 2. The molecule has 0 unspecified atom stereocenters. The standard InChI is InChI=1S/C15H15ClO6S/c1-21-14-12(23(2,19)20)7-6-11(13(14)16)15(18)22-10-5-3-4-9(17)8-10/h6-8H,3-5H2,1-2H3. The highest BCUT2D eigenvalue weighted by molar-refractivity contribution is 7.90. The molecule has 0 aromatic heterocycles. The van der Waals surface area contributed by atoms with Gasteiger partial charge in [0.2, 0.25) is 0 Å². The minimum Gasteiger partial charge on any atom is -0.494 e. The predicted molar refractivity (Wildman–Crippen MR) is 83.5 cm³/mol. The van der Waals surface area contributed by atoms with Gasteiger partial charge >= 0.3 is 5.97 Å². The molecule has 6 nitrogen and oxygen atoms in total. The van der Waals surface area contributed by atoms with Gasteiger partial charge in [-0.25, -0.2) is 13.2 Å². The van der Waals surface area contributed by atoms with Crippen LogP contribution in [0.1, 0.15) is 29.6 Å². The number of rotatable bonds is 4. The van der Waals surface area contributed by atoms with Crippen molar-refractivity contribution < 1.29 is 27.5 Å². The molecule has 0 heterocycles. The monoisotopic (exact) mass is 358 g/mol. The Bertz CT molecular complexity index is 794. The van der Waals surface area contributed by atoms with Crippen LogP contribution in [-0.4, -0.2) is 33.5 Å². The lowest BCUT2D eigenvalue weighted by Gasteiger charge is -2.15. The van der Waals surface area contributed by atoms with Gasteiger partial charge in [-0.1, -0.05) is 11.6 Å². The molecule has 1 aromatic carbocycles. The van der Waals surface area contributed by atoms with Crippen LogP contribution in [0.15, 0.2) is 28.9 Å². The normalized spacial score (nSPS) is 15.1. The fourth-order valence-corrected chi connectivity index (χ4v) is 3.41. The Morgan fingerprint density at radius 1 is 1.26 bits per heavy atom. The Morgan fingerprint density at radius 3 is 2.52 bits per heavy atom. The van der Waals surface area contributed by atoms with Gasteiger partial charge in [0.05, 0.1) is 17.7 Å². The summed E-state index contributed by atoms with van der Waals surface area (Å²) in [4.78, 5) is 23.4. The van der Waals surface area contributed by atoms with E-state index < -0.39 is 15.8 Å². The van der Waals surface area contributed by atoms with Crippen LogP contribution in [-0.2, 0) is 19.4 Å². The molecule has 0 spiro atoms. The fraction of sp³-hybridized carbons (Fsp3) is 0.333. The van der Waals surface area contributed by atoms with Crippen LogP contribution in [0.5, 0.6) is 5.75 Å². The first-order valence-corrected chi connectivity index (χ1v) is 9.03. The molecule has 0 atom stereocenters. The van der Waals surface area contributed by atoms with Crippen LogP contribution in [0.25, 0.3) is 0 Å². The SMILES string of the molecule is COc1c(S(C)(=O)=O)ccc(C(=O)OC2=CC(=O)CCC2)c1Cl. The van der Waals surface area contributed by atoms with E-state index in [9.17, 15) is 18.0 Å². The summed E-state index contributed by atoms with van der Waals surface area (Å²) < 4.78 is 33.6. The molecule has 0 aliphatic heterocycles.